The number of hydrogen-bond acceptors (Lipinski definition) is 4. The summed E-state index contributed by atoms with van der Waals surface area (Å²) in [5.41, 5.74) is 0. The summed E-state index contributed by atoms with van der Waals surface area (Å²) in [4.78, 5) is 0. The van der Waals surface area contributed by atoms with E-state index in [1.807, 2.05) is 0 Å². The van der Waals surface area contributed by atoms with Crippen molar-refractivity contribution in [1.82, 2.24) is 0 Å². The van der Waals surface area contributed by atoms with Crippen LogP contribution < -0.4 is 4.74 Å². The van der Waals surface area contributed by atoms with Crippen molar-refractivity contribution < 1.29 is 19.3 Å². The van der Waals surface area contributed by atoms with Crippen molar-refractivity contribution in [2.24, 2.45) is 0 Å². The van der Waals surface area contributed by atoms with Crippen LogP contribution in [0.4, 0.5) is 0 Å². The summed E-state index contributed by atoms with van der Waals surface area (Å²) in [6, 6.07) is 4.48. The van der Waals surface area contributed by atoms with Gasteiger partial charge in [-0.15, -0.1) is 0 Å². The van der Waals surface area contributed by atoms with E-state index >= 15 is 0 Å². The van der Waals surface area contributed by atoms with Crippen molar-refractivity contribution in [3.05, 3.63) is 23.2 Å². The molecule has 0 bridgehead atoms. The number of hydrogen-bond donors (Lipinski definition) is 1. The lowest BCUT2D eigenvalue weighted by Crippen LogP contribution is -2.07. The molecule has 0 atom stereocenters. The molecule has 1 N–H and O–H groups in total. The predicted octanol–water partition coefficient (Wildman–Crippen LogP) is 2.04. The van der Waals surface area contributed by atoms with Gasteiger partial charge < -0.3 is 19.3 Å². The van der Waals surface area contributed by atoms with Gasteiger partial charge >= 0.3 is 0 Å². The fourth-order valence-electron chi connectivity index (χ4n) is 0.909. The van der Waals surface area contributed by atoms with E-state index in [2.05, 4.69) is 0 Å². The normalized spacial score (nSPS) is 10.3. The van der Waals surface area contributed by atoms with Gasteiger partial charge in [-0.25, -0.2) is 0 Å². The summed E-state index contributed by atoms with van der Waals surface area (Å²) >= 11 is 5.82. The van der Waals surface area contributed by atoms with Crippen molar-refractivity contribution in [2.45, 2.75) is 0 Å². The molecule has 4 nitrogen and oxygen atoms in total. The SMILES string of the molecule is COCCOCOc1cc(O)ccc1Cl. The molecule has 0 fully saturated rings. The van der Waals surface area contributed by atoms with Gasteiger partial charge in [0.15, 0.2) is 6.79 Å². The molecule has 0 radical (unpaired) electrons. The highest BCUT2D eigenvalue weighted by atomic mass is 35.5. The van der Waals surface area contributed by atoms with Crippen LogP contribution in [0, 0.1) is 0 Å². The van der Waals surface area contributed by atoms with Crippen molar-refractivity contribution in [1.29, 1.82) is 0 Å². The van der Waals surface area contributed by atoms with E-state index in [0.29, 0.717) is 24.0 Å². The molecule has 0 unspecified atom stereocenters. The Morgan fingerprint density at radius 1 is 1.33 bits per heavy atom. The average molecular weight is 233 g/mol. The largest absolute Gasteiger partial charge is 0.508 e. The minimum atomic E-state index is 0.0759. The molecule has 1 rings (SSSR count). The highest BCUT2D eigenvalue weighted by Gasteiger charge is 2.02. The quantitative estimate of drug-likeness (QED) is 0.602. The number of benzene rings is 1. The number of phenolic OH excluding ortho intramolecular Hbond substituents is 1. The van der Waals surface area contributed by atoms with Gasteiger partial charge in [-0.05, 0) is 12.1 Å². The Morgan fingerprint density at radius 3 is 2.87 bits per heavy atom. The molecule has 0 saturated heterocycles. The third kappa shape index (κ3) is 4.38. The van der Waals surface area contributed by atoms with Crippen molar-refractivity contribution in [2.75, 3.05) is 27.1 Å². The van der Waals surface area contributed by atoms with Crippen LogP contribution in [0.15, 0.2) is 18.2 Å². The summed E-state index contributed by atoms with van der Waals surface area (Å²) in [6.45, 7) is 1.04. The second-order valence-corrected chi connectivity index (χ2v) is 3.19. The van der Waals surface area contributed by atoms with Crippen molar-refractivity contribution in [3.63, 3.8) is 0 Å². The first-order valence-corrected chi connectivity index (χ1v) is 4.80. The van der Waals surface area contributed by atoms with Crippen molar-refractivity contribution in [3.8, 4) is 11.5 Å². The Bertz CT molecular complexity index is 303. The summed E-state index contributed by atoms with van der Waals surface area (Å²) in [6.07, 6.45) is 0. The number of rotatable bonds is 6. The first-order valence-electron chi connectivity index (χ1n) is 4.42. The van der Waals surface area contributed by atoms with E-state index in [-0.39, 0.29) is 12.5 Å². The van der Waals surface area contributed by atoms with Gasteiger partial charge in [0.1, 0.15) is 11.5 Å². The van der Waals surface area contributed by atoms with Gasteiger partial charge in [-0.1, -0.05) is 11.6 Å². The summed E-state index contributed by atoms with van der Waals surface area (Å²) in [5.74, 6) is 0.500. The van der Waals surface area contributed by atoms with E-state index in [0.717, 1.165) is 0 Å². The van der Waals surface area contributed by atoms with Crippen LogP contribution in [0.5, 0.6) is 11.5 Å². The van der Waals surface area contributed by atoms with E-state index in [9.17, 15) is 5.11 Å². The van der Waals surface area contributed by atoms with Gasteiger partial charge in [0.25, 0.3) is 0 Å². The monoisotopic (exact) mass is 232 g/mol. The standard InChI is InChI=1S/C10H13ClO4/c1-13-4-5-14-7-15-10-6-8(12)2-3-9(10)11/h2-3,6,12H,4-5,7H2,1H3. The summed E-state index contributed by atoms with van der Waals surface area (Å²) < 4.78 is 15.1. The topological polar surface area (TPSA) is 47.9 Å². The predicted molar refractivity (Wildman–Crippen MR) is 56.4 cm³/mol. The summed E-state index contributed by atoms with van der Waals surface area (Å²) in [5, 5.41) is 9.61. The third-order valence-corrected chi connectivity index (χ3v) is 1.96. The highest BCUT2D eigenvalue weighted by molar-refractivity contribution is 6.32. The zero-order chi connectivity index (χ0) is 11.1. The van der Waals surface area contributed by atoms with Gasteiger partial charge in [-0.3, -0.25) is 0 Å². The Balaban J connectivity index is 2.33. The molecule has 0 aliphatic carbocycles. The molecule has 1 aromatic carbocycles. The molecular weight excluding hydrogens is 220 g/mol. The smallest absolute Gasteiger partial charge is 0.189 e. The van der Waals surface area contributed by atoms with Gasteiger partial charge in [0.05, 0.1) is 18.2 Å². The van der Waals surface area contributed by atoms with Crippen molar-refractivity contribution >= 4 is 11.6 Å². The highest BCUT2D eigenvalue weighted by Crippen LogP contribution is 2.28. The zero-order valence-electron chi connectivity index (χ0n) is 8.40. The minimum absolute atomic E-state index is 0.0759. The van der Waals surface area contributed by atoms with Gasteiger partial charge in [0.2, 0.25) is 0 Å². The second-order valence-electron chi connectivity index (χ2n) is 2.78. The minimum Gasteiger partial charge on any atom is -0.508 e. The molecule has 0 aliphatic heterocycles. The molecule has 0 aliphatic rings. The Labute approximate surface area is 93.3 Å². The second kappa shape index (κ2) is 6.50. The molecule has 0 amide bonds. The van der Waals surface area contributed by atoms with E-state index in [4.69, 9.17) is 25.8 Å². The molecule has 0 heterocycles. The first kappa shape index (κ1) is 12.1. The van der Waals surface area contributed by atoms with Crippen LogP contribution in [-0.4, -0.2) is 32.2 Å². The van der Waals surface area contributed by atoms with Crippen LogP contribution in [0.3, 0.4) is 0 Å². The Hall–Kier alpha value is -0.970. The molecule has 1 aromatic rings. The van der Waals surface area contributed by atoms with Crippen LogP contribution in [0.1, 0.15) is 0 Å². The molecular formula is C10H13ClO4. The maximum absolute atomic E-state index is 9.18. The lowest BCUT2D eigenvalue weighted by atomic mass is 10.3. The average Bonchev–Trinajstić information content (AvgIpc) is 2.23. The van der Waals surface area contributed by atoms with Crippen LogP contribution >= 0.6 is 11.6 Å². The Kier molecular flexibility index (Phi) is 5.25. The van der Waals surface area contributed by atoms with E-state index < -0.39 is 0 Å². The lowest BCUT2D eigenvalue weighted by molar-refractivity contribution is -0.00849. The number of ether oxygens (including phenoxy) is 3. The molecule has 0 saturated carbocycles. The van der Waals surface area contributed by atoms with Gasteiger partial charge in [-0.2, -0.15) is 0 Å². The number of aromatic hydroxyl groups is 1. The fourth-order valence-corrected chi connectivity index (χ4v) is 1.08. The number of methoxy groups -OCH3 is 1. The summed E-state index contributed by atoms with van der Waals surface area (Å²) in [7, 11) is 1.59. The van der Waals surface area contributed by atoms with Gasteiger partial charge in [0, 0.05) is 13.2 Å². The van der Waals surface area contributed by atoms with Crippen LogP contribution in [0.25, 0.3) is 0 Å². The molecule has 15 heavy (non-hydrogen) atoms. The lowest BCUT2D eigenvalue weighted by Gasteiger charge is -2.08. The molecule has 84 valence electrons. The third-order valence-electron chi connectivity index (χ3n) is 1.64. The Morgan fingerprint density at radius 2 is 2.13 bits per heavy atom. The molecule has 5 heteroatoms. The molecule has 0 aromatic heterocycles. The number of halogens is 1. The first-order chi connectivity index (χ1) is 7.24. The molecule has 0 spiro atoms. The van der Waals surface area contributed by atoms with Crippen LogP contribution in [-0.2, 0) is 9.47 Å². The zero-order valence-corrected chi connectivity index (χ0v) is 9.16. The maximum atomic E-state index is 9.18. The van der Waals surface area contributed by atoms with E-state index in [1.165, 1.54) is 12.1 Å². The number of phenols is 1. The maximum Gasteiger partial charge on any atom is 0.189 e. The fraction of sp³-hybridized carbons (Fsp3) is 0.400. The van der Waals surface area contributed by atoms with Crippen LogP contribution in [0.2, 0.25) is 5.02 Å². The van der Waals surface area contributed by atoms with E-state index in [1.54, 1.807) is 13.2 Å².